The van der Waals surface area contributed by atoms with Gasteiger partial charge in [-0.25, -0.2) is 4.98 Å². The van der Waals surface area contributed by atoms with Gasteiger partial charge in [-0.05, 0) is 20.8 Å². The Hall–Kier alpha value is -2.15. The van der Waals surface area contributed by atoms with Crippen molar-refractivity contribution in [2.24, 2.45) is 0 Å². The van der Waals surface area contributed by atoms with Crippen LogP contribution in [0.15, 0.2) is 12.4 Å². The normalized spacial score (nSPS) is 18.7. The van der Waals surface area contributed by atoms with Crippen LogP contribution in [0, 0.1) is 13.8 Å². The van der Waals surface area contributed by atoms with E-state index in [0.717, 1.165) is 23.8 Å². The maximum atomic E-state index is 12.7. The second-order valence-corrected chi connectivity index (χ2v) is 5.55. The summed E-state index contributed by atoms with van der Waals surface area (Å²) in [5.74, 6) is 0.782. The SMILES string of the molecule is CCn1cc(C(=O)N2CCOC(c3ncc(C)[nH]3)C2)c(C)n1. The predicted molar refractivity (Wildman–Crippen MR) is 80.6 cm³/mol. The van der Waals surface area contributed by atoms with Gasteiger partial charge in [0.05, 0.1) is 24.4 Å². The number of hydrogen-bond donors (Lipinski definition) is 1. The van der Waals surface area contributed by atoms with Gasteiger partial charge in [-0.1, -0.05) is 0 Å². The highest BCUT2D eigenvalue weighted by atomic mass is 16.5. The van der Waals surface area contributed by atoms with Gasteiger partial charge in [-0.3, -0.25) is 9.48 Å². The predicted octanol–water partition coefficient (Wildman–Crippen LogP) is 1.46. The van der Waals surface area contributed by atoms with Gasteiger partial charge in [-0.15, -0.1) is 0 Å². The van der Waals surface area contributed by atoms with Crippen LogP contribution in [-0.2, 0) is 11.3 Å². The molecule has 2 aromatic rings. The number of aromatic amines is 1. The van der Waals surface area contributed by atoms with Gasteiger partial charge < -0.3 is 14.6 Å². The number of carbonyl (C=O) groups is 1. The molecule has 3 heterocycles. The molecule has 1 unspecified atom stereocenters. The molecular formula is C15H21N5O2. The van der Waals surface area contributed by atoms with Gasteiger partial charge in [0.15, 0.2) is 0 Å². The summed E-state index contributed by atoms with van der Waals surface area (Å²) in [7, 11) is 0. The van der Waals surface area contributed by atoms with E-state index in [1.54, 1.807) is 10.9 Å². The summed E-state index contributed by atoms with van der Waals surface area (Å²) in [6, 6.07) is 0. The highest BCUT2D eigenvalue weighted by molar-refractivity contribution is 5.95. The van der Waals surface area contributed by atoms with Crippen LogP contribution in [0.2, 0.25) is 0 Å². The molecule has 0 aliphatic carbocycles. The summed E-state index contributed by atoms with van der Waals surface area (Å²) in [4.78, 5) is 22.0. The fourth-order valence-electron chi connectivity index (χ4n) is 2.66. The maximum absolute atomic E-state index is 12.7. The summed E-state index contributed by atoms with van der Waals surface area (Å²) < 4.78 is 7.53. The van der Waals surface area contributed by atoms with Crippen LogP contribution in [0.25, 0.3) is 0 Å². The standard InChI is InChI=1S/C15H21N5O2/c1-4-20-8-12(11(3)18-20)15(21)19-5-6-22-13(9-19)14-16-7-10(2)17-14/h7-8,13H,4-6,9H2,1-3H3,(H,16,17). The summed E-state index contributed by atoms with van der Waals surface area (Å²) in [6.07, 6.45) is 3.39. The molecule has 0 aromatic carbocycles. The molecule has 1 aliphatic rings. The number of hydrogen-bond acceptors (Lipinski definition) is 4. The van der Waals surface area contributed by atoms with Crippen molar-refractivity contribution in [1.82, 2.24) is 24.6 Å². The third-order valence-electron chi connectivity index (χ3n) is 3.88. The highest BCUT2D eigenvalue weighted by Gasteiger charge is 2.29. The molecule has 2 aromatic heterocycles. The van der Waals surface area contributed by atoms with Crippen LogP contribution in [0.4, 0.5) is 0 Å². The summed E-state index contributed by atoms with van der Waals surface area (Å²) in [5, 5.41) is 4.34. The first-order valence-electron chi connectivity index (χ1n) is 7.55. The molecule has 0 saturated carbocycles. The number of aryl methyl sites for hydroxylation is 3. The van der Waals surface area contributed by atoms with Crippen molar-refractivity contribution in [3.63, 3.8) is 0 Å². The van der Waals surface area contributed by atoms with E-state index in [9.17, 15) is 4.79 Å². The average Bonchev–Trinajstić information content (AvgIpc) is 3.12. The average molecular weight is 303 g/mol. The Balaban J connectivity index is 1.76. The van der Waals surface area contributed by atoms with Crippen LogP contribution in [0.3, 0.4) is 0 Å². The molecule has 1 fully saturated rings. The van der Waals surface area contributed by atoms with Gasteiger partial charge in [0.2, 0.25) is 0 Å². The molecule has 3 rings (SSSR count). The Labute approximate surface area is 129 Å². The van der Waals surface area contributed by atoms with Crippen LogP contribution >= 0.6 is 0 Å². The summed E-state index contributed by atoms with van der Waals surface area (Å²) in [5.41, 5.74) is 2.42. The van der Waals surface area contributed by atoms with Crippen LogP contribution in [0.5, 0.6) is 0 Å². The lowest BCUT2D eigenvalue weighted by molar-refractivity contribution is -0.0265. The van der Waals surface area contributed by atoms with E-state index in [1.807, 2.05) is 31.9 Å². The molecule has 7 nitrogen and oxygen atoms in total. The molecule has 1 aliphatic heterocycles. The molecular weight excluding hydrogens is 282 g/mol. The minimum absolute atomic E-state index is 0.00813. The van der Waals surface area contributed by atoms with Crippen LogP contribution < -0.4 is 0 Å². The van der Waals surface area contributed by atoms with E-state index in [-0.39, 0.29) is 12.0 Å². The summed E-state index contributed by atoms with van der Waals surface area (Å²) in [6.45, 7) is 8.18. The molecule has 1 N–H and O–H groups in total. The van der Waals surface area contributed by atoms with E-state index in [1.165, 1.54) is 0 Å². The maximum Gasteiger partial charge on any atom is 0.257 e. The number of morpholine rings is 1. The Morgan fingerprint density at radius 1 is 1.50 bits per heavy atom. The smallest absolute Gasteiger partial charge is 0.257 e. The fourth-order valence-corrected chi connectivity index (χ4v) is 2.66. The fraction of sp³-hybridized carbons (Fsp3) is 0.533. The van der Waals surface area contributed by atoms with Gasteiger partial charge >= 0.3 is 0 Å². The number of ether oxygens (including phenoxy) is 1. The zero-order valence-corrected chi connectivity index (χ0v) is 13.2. The molecule has 7 heteroatoms. The van der Waals surface area contributed by atoms with Gasteiger partial charge in [0.25, 0.3) is 5.91 Å². The van der Waals surface area contributed by atoms with Crippen molar-refractivity contribution in [2.45, 2.75) is 33.4 Å². The molecule has 1 amide bonds. The molecule has 118 valence electrons. The Kier molecular flexibility index (Phi) is 3.98. The lowest BCUT2D eigenvalue weighted by Crippen LogP contribution is -2.42. The van der Waals surface area contributed by atoms with Gasteiger partial charge in [0.1, 0.15) is 11.9 Å². The highest BCUT2D eigenvalue weighted by Crippen LogP contribution is 2.21. The van der Waals surface area contributed by atoms with Crippen LogP contribution in [-0.4, -0.2) is 50.3 Å². The monoisotopic (exact) mass is 303 g/mol. The summed E-state index contributed by atoms with van der Waals surface area (Å²) >= 11 is 0. The second-order valence-electron chi connectivity index (χ2n) is 5.55. The van der Waals surface area contributed by atoms with E-state index in [4.69, 9.17) is 4.74 Å². The third-order valence-corrected chi connectivity index (χ3v) is 3.88. The number of carbonyl (C=O) groups excluding carboxylic acids is 1. The van der Waals surface area contributed by atoms with Crippen molar-refractivity contribution >= 4 is 5.91 Å². The number of nitrogens with one attached hydrogen (secondary N) is 1. The minimum atomic E-state index is -0.201. The molecule has 1 saturated heterocycles. The Morgan fingerprint density at radius 2 is 2.32 bits per heavy atom. The first kappa shape index (κ1) is 14.8. The van der Waals surface area contributed by atoms with Crippen molar-refractivity contribution in [2.75, 3.05) is 19.7 Å². The quantitative estimate of drug-likeness (QED) is 0.931. The number of nitrogens with zero attached hydrogens (tertiary/aromatic N) is 4. The van der Waals surface area contributed by atoms with Crippen molar-refractivity contribution in [3.8, 4) is 0 Å². The van der Waals surface area contributed by atoms with Gasteiger partial charge in [-0.2, -0.15) is 5.10 Å². The van der Waals surface area contributed by atoms with Crippen LogP contribution in [0.1, 0.15) is 40.6 Å². The van der Waals surface area contributed by atoms with E-state index >= 15 is 0 Å². The third kappa shape index (κ3) is 2.76. The Bertz CT molecular complexity index is 675. The minimum Gasteiger partial charge on any atom is -0.367 e. The topological polar surface area (TPSA) is 76.0 Å². The van der Waals surface area contributed by atoms with Gasteiger partial charge in [0, 0.05) is 31.2 Å². The molecule has 1 atom stereocenters. The van der Waals surface area contributed by atoms with Crippen molar-refractivity contribution < 1.29 is 9.53 Å². The van der Waals surface area contributed by atoms with E-state index in [2.05, 4.69) is 15.1 Å². The van der Waals surface area contributed by atoms with E-state index in [0.29, 0.717) is 25.3 Å². The molecule has 0 spiro atoms. The zero-order chi connectivity index (χ0) is 15.7. The van der Waals surface area contributed by atoms with E-state index < -0.39 is 0 Å². The first-order chi connectivity index (χ1) is 10.6. The van der Waals surface area contributed by atoms with Crippen molar-refractivity contribution in [1.29, 1.82) is 0 Å². The van der Waals surface area contributed by atoms with Crippen molar-refractivity contribution in [3.05, 3.63) is 35.2 Å². The lowest BCUT2D eigenvalue weighted by Gasteiger charge is -2.32. The number of aromatic nitrogens is 4. The number of rotatable bonds is 3. The number of H-pyrrole nitrogens is 1. The number of amides is 1. The molecule has 0 bridgehead atoms. The lowest BCUT2D eigenvalue weighted by atomic mass is 10.2. The Morgan fingerprint density at radius 3 is 2.95 bits per heavy atom. The molecule has 0 radical (unpaired) electrons. The zero-order valence-electron chi connectivity index (χ0n) is 13.2. The largest absolute Gasteiger partial charge is 0.367 e. The second kappa shape index (κ2) is 5.92. The molecule has 22 heavy (non-hydrogen) atoms. The number of imidazole rings is 1. The first-order valence-corrected chi connectivity index (χ1v) is 7.55.